The Morgan fingerprint density at radius 1 is 1.09 bits per heavy atom. The highest BCUT2D eigenvalue weighted by molar-refractivity contribution is 5.94. The molecule has 118 valence electrons. The third-order valence-electron chi connectivity index (χ3n) is 4.73. The molecular weight excluding hydrogens is 290 g/mol. The van der Waals surface area contributed by atoms with Crippen LogP contribution in [0.2, 0.25) is 0 Å². The van der Waals surface area contributed by atoms with Gasteiger partial charge in [-0.2, -0.15) is 0 Å². The SMILES string of the molecule is Cc1cnc(N2C[C@H]3CN(C(=O)c4cccnc4)C[C@H]3C2)nc1. The molecule has 2 aromatic rings. The normalized spacial score (nSPS) is 23.2. The average molecular weight is 309 g/mol. The Bertz CT molecular complexity index is 689. The summed E-state index contributed by atoms with van der Waals surface area (Å²) < 4.78 is 0. The summed E-state index contributed by atoms with van der Waals surface area (Å²) in [6.45, 7) is 5.45. The van der Waals surface area contributed by atoms with E-state index in [9.17, 15) is 4.79 Å². The van der Waals surface area contributed by atoms with Gasteiger partial charge in [0.25, 0.3) is 5.91 Å². The van der Waals surface area contributed by atoms with Gasteiger partial charge in [0.1, 0.15) is 0 Å². The first-order valence-electron chi connectivity index (χ1n) is 7.93. The number of anilines is 1. The molecule has 23 heavy (non-hydrogen) atoms. The number of carbonyl (C=O) groups is 1. The molecule has 4 rings (SSSR count). The topological polar surface area (TPSA) is 62.2 Å². The fraction of sp³-hybridized carbons (Fsp3) is 0.412. The minimum absolute atomic E-state index is 0.0886. The van der Waals surface area contributed by atoms with Gasteiger partial charge >= 0.3 is 0 Å². The molecule has 0 bridgehead atoms. The zero-order chi connectivity index (χ0) is 15.8. The number of fused-ring (bicyclic) bond motifs is 1. The van der Waals surface area contributed by atoms with E-state index in [1.807, 2.05) is 30.3 Å². The van der Waals surface area contributed by atoms with Crippen molar-refractivity contribution in [3.05, 3.63) is 48.0 Å². The van der Waals surface area contributed by atoms with Gasteiger partial charge in [0, 0.05) is 62.8 Å². The molecule has 0 aromatic carbocycles. The summed E-state index contributed by atoms with van der Waals surface area (Å²) in [5, 5.41) is 0. The predicted octanol–water partition coefficient (Wildman–Crippen LogP) is 1.39. The van der Waals surface area contributed by atoms with Crippen molar-refractivity contribution in [1.29, 1.82) is 0 Å². The highest BCUT2D eigenvalue weighted by Gasteiger charge is 2.42. The molecule has 2 aliphatic heterocycles. The predicted molar refractivity (Wildman–Crippen MR) is 86.1 cm³/mol. The van der Waals surface area contributed by atoms with Gasteiger partial charge in [-0.25, -0.2) is 9.97 Å². The molecule has 2 atom stereocenters. The molecule has 0 aliphatic carbocycles. The summed E-state index contributed by atoms with van der Waals surface area (Å²) in [6.07, 6.45) is 7.04. The molecule has 1 amide bonds. The van der Waals surface area contributed by atoms with Crippen LogP contribution < -0.4 is 4.90 Å². The summed E-state index contributed by atoms with van der Waals surface area (Å²) in [5.74, 6) is 1.89. The van der Waals surface area contributed by atoms with E-state index < -0.39 is 0 Å². The summed E-state index contributed by atoms with van der Waals surface area (Å²) in [4.78, 5) is 29.6. The molecular formula is C17H19N5O. The number of carbonyl (C=O) groups excluding carboxylic acids is 1. The number of amides is 1. The molecule has 0 unspecified atom stereocenters. The lowest BCUT2D eigenvalue weighted by molar-refractivity contribution is 0.0782. The summed E-state index contributed by atoms with van der Waals surface area (Å²) in [6, 6.07) is 3.64. The molecule has 6 nitrogen and oxygen atoms in total. The van der Waals surface area contributed by atoms with E-state index >= 15 is 0 Å². The molecule has 4 heterocycles. The summed E-state index contributed by atoms with van der Waals surface area (Å²) in [5.41, 5.74) is 1.74. The zero-order valence-corrected chi connectivity index (χ0v) is 13.1. The van der Waals surface area contributed by atoms with E-state index in [0.29, 0.717) is 17.4 Å². The van der Waals surface area contributed by atoms with Crippen molar-refractivity contribution in [2.24, 2.45) is 11.8 Å². The highest BCUT2D eigenvalue weighted by atomic mass is 16.2. The lowest BCUT2D eigenvalue weighted by Gasteiger charge is -2.21. The Balaban J connectivity index is 1.42. The molecule has 0 spiro atoms. The van der Waals surface area contributed by atoms with Gasteiger partial charge in [-0.05, 0) is 24.6 Å². The number of hydrogen-bond acceptors (Lipinski definition) is 5. The smallest absolute Gasteiger partial charge is 0.255 e. The van der Waals surface area contributed by atoms with E-state index in [-0.39, 0.29) is 5.91 Å². The van der Waals surface area contributed by atoms with E-state index in [2.05, 4.69) is 19.9 Å². The van der Waals surface area contributed by atoms with Crippen LogP contribution in [0.15, 0.2) is 36.9 Å². The number of aryl methyl sites for hydroxylation is 1. The Hall–Kier alpha value is -2.50. The first-order chi connectivity index (χ1) is 11.2. The number of pyridine rings is 1. The number of rotatable bonds is 2. The fourth-order valence-electron chi connectivity index (χ4n) is 3.54. The van der Waals surface area contributed by atoms with Crippen LogP contribution in [0.1, 0.15) is 15.9 Å². The first-order valence-corrected chi connectivity index (χ1v) is 7.93. The molecule has 2 aliphatic rings. The monoisotopic (exact) mass is 309 g/mol. The average Bonchev–Trinajstić information content (AvgIpc) is 3.14. The van der Waals surface area contributed by atoms with Crippen LogP contribution in [-0.4, -0.2) is 51.9 Å². The van der Waals surface area contributed by atoms with E-state index in [1.54, 1.807) is 18.5 Å². The molecule has 6 heteroatoms. The van der Waals surface area contributed by atoms with Crippen LogP contribution in [0.3, 0.4) is 0 Å². The molecule has 2 fully saturated rings. The third kappa shape index (κ3) is 2.65. The van der Waals surface area contributed by atoms with Crippen LogP contribution in [0.4, 0.5) is 5.95 Å². The van der Waals surface area contributed by atoms with Gasteiger partial charge in [-0.1, -0.05) is 0 Å². The standard InChI is InChI=1S/C17H19N5O/c1-12-5-19-17(20-6-12)22-10-14-8-21(9-15(14)11-22)16(23)13-3-2-4-18-7-13/h2-7,14-15H,8-11H2,1H3/t14-,15+. The van der Waals surface area contributed by atoms with Gasteiger partial charge in [0.2, 0.25) is 5.95 Å². The van der Waals surface area contributed by atoms with Crippen molar-refractivity contribution >= 4 is 11.9 Å². The number of aromatic nitrogens is 3. The van der Waals surface area contributed by atoms with Crippen molar-refractivity contribution in [3.8, 4) is 0 Å². The minimum atomic E-state index is 0.0886. The first kappa shape index (κ1) is 14.1. The molecule has 2 saturated heterocycles. The minimum Gasteiger partial charge on any atom is -0.340 e. The Morgan fingerprint density at radius 2 is 1.78 bits per heavy atom. The maximum absolute atomic E-state index is 12.5. The molecule has 0 saturated carbocycles. The number of hydrogen-bond donors (Lipinski definition) is 0. The Kier molecular flexibility index (Phi) is 3.44. The van der Waals surface area contributed by atoms with E-state index in [4.69, 9.17) is 0 Å². The van der Waals surface area contributed by atoms with Crippen LogP contribution in [0.5, 0.6) is 0 Å². The third-order valence-corrected chi connectivity index (χ3v) is 4.73. The lowest BCUT2D eigenvalue weighted by Crippen LogP contribution is -2.33. The Labute approximate surface area is 135 Å². The van der Waals surface area contributed by atoms with Crippen LogP contribution in [0, 0.1) is 18.8 Å². The second kappa shape index (κ2) is 5.61. The van der Waals surface area contributed by atoms with Crippen LogP contribution in [-0.2, 0) is 0 Å². The van der Waals surface area contributed by atoms with Gasteiger partial charge in [0.05, 0.1) is 5.56 Å². The number of nitrogens with zero attached hydrogens (tertiary/aromatic N) is 5. The quantitative estimate of drug-likeness (QED) is 0.839. The van der Waals surface area contributed by atoms with Crippen molar-refractivity contribution in [2.45, 2.75) is 6.92 Å². The maximum Gasteiger partial charge on any atom is 0.255 e. The van der Waals surface area contributed by atoms with Gasteiger partial charge in [0.15, 0.2) is 0 Å². The van der Waals surface area contributed by atoms with E-state index in [0.717, 1.165) is 37.7 Å². The van der Waals surface area contributed by atoms with Gasteiger partial charge in [-0.3, -0.25) is 9.78 Å². The second-order valence-corrected chi connectivity index (χ2v) is 6.44. The van der Waals surface area contributed by atoms with Gasteiger partial charge < -0.3 is 9.80 Å². The fourth-order valence-corrected chi connectivity index (χ4v) is 3.54. The number of likely N-dealkylation sites (tertiary alicyclic amines) is 1. The molecule has 2 aromatic heterocycles. The van der Waals surface area contributed by atoms with Crippen molar-refractivity contribution in [2.75, 3.05) is 31.1 Å². The van der Waals surface area contributed by atoms with Crippen molar-refractivity contribution in [3.63, 3.8) is 0 Å². The maximum atomic E-state index is 12.5. The van der Waals surface area contributed by atoms with E-state index in [1.165, 1.54) is 0 Å². The van der Waals surface area contributed by atoms with Crippen LogP contribution >= 0.6 is 0 Å². The molecule has 0 radical (unpaired) electrons. The summed E-state index contributed by atoms with van der Waals surface area (Å²) in [7, 11) is 0. The zero-order valence-electron chi connectivity index (χ0n) is 13.1. The molecule has 0 N–H and O–H groups in total. The highest BCUT2D eigenvalue weighted by Crippen LogP contribution is 2.33. The van der Waals surface area contributed by atoms with Crippen LogP contribution in [0.25, 0.3) is 0 Å². The second-order valence-electron chi connectivity index (χ2n) is 6.44. The van der Waals surface area contributed by atoms with Crippen molar-refractivity contribution < 1.29 is 4.79 Å². The Morgan fingerprint density at radius 3 is 2.39 bits per heavy atom. The summed E-state index contributed by atoms with van der Waals surface area (Å²) >= 11 is 0. The van der Waals surface area contributed by atoms with Crippen molar-refractivity contribution in [1.82, 2.24) is 19.9 Å². The lowest BCUT2D eigenvalue weighted by atomic mass is 10.0. The van der Waals surface area contributed by atoms with Gasteiger partial charge in [-0.15, -0.1) is 0 Å². The largest absolute Gasteiger partial charge is 0.340 e.